The van der Waals surface area contributed by atoms with Crippen LogP contribution in [0.3, 0.4) is 0 Å². The zero-order chi connectivity index (χ0) is 21.9. The average molecular weight is 419 g/mol. The molecule has 1 aliphatic heterocycles. The average Bonchev–Trinajstić information content (AvgIpc) is 2.99. The molecule has 3 aliphatic carbocycles. The molecular formula is C25H42N2O3. The van der Waals surface area contributed by atoms with Gasteiger partial charge in [-0.25, -0.2) is 0 Å². The summed E-state index contributed by atoms with van der Waals surface area (Å²) >= 11 is 0. The molecule has 3 saturated carbocycles. The lowest BCUT2D eigenvalue weighted by molar-refractivity contribution is -0.174. The van der Waals surface area contributed by atoms with Gasteiger partial charge < -0.3 is 15.4 Å². The Hall–Kier alpha value is -1.10. The number of hydrogen-bond acceptors (Lipinski definition) is 3. The van der Waals surface area contributed by atoms with Crippen molar-refractivity contribution < 1.29 is 14.3 Å². The Balaban J connectivity index is 1.59. The lowest BCUT2D eigenvalue weighted by Crippen LogP contribution is -2.66. The van der Waals surface area contributed by atoms with Crippen LogP contribution >= 0.6 is 0 Å². The Morgan fingerprint density at radius 1 is 1.13 bits per heavy atom. The summed E-state index contributed by atoms with van der Waals surface area (Å²) in [6.45, 7) is 13.7. The number of rotatable bonds is 3. The fourth-order valence-corrected chi connectivity index (χ4v) is 8.05. The number of carbonyl (C=O) groups excluding carboxylic acids is 2. The molecule has 4 aliphatic rings. The molecule has 0 unspecified atom stereocenters. The highest BCUT2D eigenvalue weighted by molar-refractivity contribution is 5.80. The highest BCUT2D eigenvalue weighted by Crippen LogP contribution is 2.65. The number of nitrogens with one attached hydrogen (secondary N) is 2. The smallest absolute Gasteiger partial charge is 0.224 e. The van der Waals surface area contributed by atoms with E-state index >= 15 is 0 Å². The van der Waals surface area contributed by atoms with E-state index in [1.54, 1.807) is 0 Å². The zero-order valence-electron chi connectivity index (χ0n) is 19.8. The van der Waals surface area contributed by atoms with Crippen LogP contribution in [0.2, 0.25) is 0 Å². The molecule has 0 radical (unpaired) electrons. The largest absolute Gasteiger partial charge is 0.377 e. The lowest BCUT2D eigenvalue weighted by atomic mass is 9.46. The van der Waals surface area contributed by atoms with Crippen molar-refractivity contribution in [1.82, 2.24) is 10.6 Å². The maximum absolute atomic E-state index is 13.2. The molecule has 30 heavy (non-hydrogen) atoms. The number of amides is 2. The minimum atomic E-state index is -0.181. The van der Waals surface area contributed by atoms with Crippen molar-refractivity contribution in [3.05, 3.63) is 0 Å². The molecule has 4 fully saturated rings. The van der Waals surface area contributed by atoms with Crippen LogP contribution in [0.5, 0.6) is 0 Å². The second-order valence-electron chi connectivity index (χ2n) is 12.0. The number of ether oxygens (including phenoxy) is 1. The van der Waals surface area contributed by atoms with Gasteiger partial charge in [-0.3, -0.25) is 9.59 Å². The van der Waals surface area contributed by atoms with Gasteiger partial charge in [0.25, 0.3) is 0 Å². The SMILES string of the molecule is CCO[C@H]1CC(=O)N[C@@H]2CC[C@H]3[C@@H]4CC[C@H](C(=O)NC(C)(C)C)[C@@]4(C)CC[C@@H]3[C@@]12C. The van der Waals surface area contributed by atoms with E-state index in [0.29, 0.717) is 30.8 Å². The van der Waals surface area contributed by atoms with E-state index in [-0.39, 0.29) is 46.2 Å². The summed E-state index contributed by atoms with van der Waals surface area (Å²) in [6.07, 6.45) is 7.13. The van der Waals surface area contributed by atoms with Gasteiger partial charge in [0.05, 0.1) is 12.5 Å². The molecule has 2 N–H and O–H groups in total. The number of hydrogen-bond donors (Lipinski definition) is 2. The summed E-state index contributed by atoms with van der Waals surface area (Å²) in [5.74, 6) is 2.33. The van der Waals surface area contributed by atoms with Crippen LogP contribution in [-0.4, -0.2) is 36.1 Å². The number of carbonyl (C=O) groups is 2. The fraction of sp³-hybridized carbons (Fsp3) is 0.920. The molecule has 1 heterocycles. The van der Waals surface area contributed by atoms with E-state index in [0.717, 1.165) is 38.5 Å². The van der Waals surface area contributed by atoms with Crippen LogP contribution in [0.4, 0.5) is 0 Å². The van der Waals surface area contributed by atoms with Crippen LogP contribution < -0.4 is 10.6 Å². The maximum Gasteiger partial charge on any atom is 0.224 e. The van der Waals surface area contributed by atoms with Crippen LogP contribution in [0.25, 0.3) is 0 Å². The van der Waals surface area contributed by atoms with Crippen molar-refractivity contribution in [1.29, 1.82) is 0 Å². The second kappa shape index (κ2) is 7.50. The van der Waals surface area contributed by atoms with E-state index in [1.807, 2.05) is 6.92 Å². The quantitative estimate of drug-likeness (QED) is 0.726. The van der Waals surface area contributed by atoms with Crippen LogP contribution in [-0.2, 0) is 14.3 Å². The Morgan fingerprint density at radius 3 is 2.53 bits per heavy atom. The van der Waals surface area contributed by atoms with Gasteiger partial charge in [-0.1, -0.05) is 13.8 Å². The summed E-state index contributed by atoms with van der Waals surface area (Å²) in [7, 11) is 0. The van der Waals surface area contributed by atoms with Gasteiger partial charge >= 0.3 is 0 Å². The molecular weight excluding hydrogens is 376 g/mol. The molecule has 5 nitrogen and oxygen atoms in total. The molecule has 0 aromatic rings. The Labute approximate surface area is 182 Å². The van der Waals surface area contributed by atoms with E-state index < -0.39 is 0 Å². The minimum Gasteiger partial charge on any atom is -0.377 e. The normalized spacial score (nSPS) is 45.7. The van der Waals surface area contributed by atoms with Crippen LogP contribution in [0, 0.1) is 34.5 Å². The molecule has 0 bridgehead atoms. The van der Waals surface area contributed by atoms with Gasteiger partial charge in [0.1, 0.15) is 0 Å². The van der Waals surface area contributed by atoms with Gasteiger partial charge in [-0.05, 0) is 89.4 Å². The minimum absolute atomic E-state index is 0.0000775. The topological polar surface area (TPSA) is 67.4 Å². The van der Waals surface area contributed by atoms with Crippen molar-refractivity contribution in [2.45, 2.75) is 104 Å². The van der Waals surface area contributed by atoms with E-state index in [4.69, 9.17) is 4.74 Å². The van der Waals surface area contributed by atoms with Crippen molar-refractivity contribution >= 4 is 11.8 Å². The van der Waals surface area contributed by atoms with Gasteiger partial charge in [-0.2, -0.15) is 0 Å². The first kappa shape index (κ1) is 22.1. The lowest BCUT2D eigenvalue weighted by Gasteiger charge is -2.62. The number of piperidine rings is 1. The third-order valence-electron chi connectivity index (χ3n) is 9.36. The molecule has 1 saturated heterocycles. The predicted octanol–water partition coefficient (Wildman–Crippen LogP) is 4.05. The third kappa shape index (κ3) is 3.40. The first-order valence-corrected chi connectivity index (χ1v) is 12.2. The molecule has 5 heteroatoms. The van der Waals surface area contributed by atoms with Crippen molar-refractivity contribution in [3.63, 3.8) is 0 Å². The van der Waals surface area contributed by atoms with E-state index in [2.05, 4.69) is 45.3 Å². The monoisotopic (exact) mass is 418 g/mol. The Kier molecular flexibility index (Phi) is 5.52. The van der Waals surface area contributed by atoms with Gasteiger partial charge in [0.2, 0.25) is 11.8 Å². The Bertz CT molecular complexity index is 701. The molecule has 4 rings (SSSR count). The van der Waals surface area contributed by atoms with Gasteiger partial charge in [0, 0.05) is 29.5 Å². The first-order chi connectivity index (χ1) is 14.0. The molecule has 0 spiro atoms. The summed E-state index contributed by atoms with van der Waals surface area (Å²) in [5, 5.41) is 6.59. The van der Waals surface area contributed by atoms with Crippen LogP contribution in [0.1, 0.15) is 86.5 Å². The zero-order valence-corrected chi connectivity index (χ0v) is 19.8. The molecule has 8 atom stereocenters. The standard InChI is InChI=1S/C25H42N2O3/c1-7-30-20-14-21(28)26-19-11-8-15-16-9-10-18(22(29)27-23(2,3)4)24(16,5)13-12-17(15)25(19,20)6/h15-20H,7-14H2,1-6H3,(H,26,28)(H,27,29)/t15-,16-,17-,18+,19+,20-,24-,25+/m0/s1. The second-order valence-corrected chi connectivity index (χ2v) is 12.0. The first-order valence-electron chi connectivity index (χ1n) is 12.2. The van der Waals surface area contributed by atoms with Crippen molar-refractivity contribution in [3.8, 4) is 0 Å². The number of fused-ring (bicyclic) bond motifs is 5. The Morgan fingerprint density at radius 2 is 1.87 bits per heavy atom. The summed E-state index contributed by atoms with van der Waals surface area (Å²) in [6, 6.07) is 0.224. The summed E-state index contributed by atoms with van der Waals surface area (Å²) in [4.78, 5) is 25.5. The summed E-state index contributed by atoms with van der Waals surface area (Å²) in [5.41, 5.74) is -0.0854. The molecule has 0 aromatic heterocycles. The highest BCUT2D eigenvalue weighted by Gasteiger charge is 2.63. The van der Waals surface area contributed by atoms with Gasteiger partial charge in [0.15, 0.2) is 0 Å². The summed E-state index contributed by atoms with van der Waals surface area (Å²) < 4.78 is 6.20. The maximum atomic E-state index is 13.2. The van der Waals surface area contributed by atoms with E-state index in [1.165, 1.54) is 0 Å². The van der Waals surface area contributed by atoms with Crippen LogP contribution in [0.15, 0.2) is 0 Å². The molecule has 0 aromatic carbocycles. The predicted molar refractivity (Wildman–Crippen MR) is 118 cm³/mol. The fourth-order valence-electron chi connectivity index (χ4n) is 8.05. The third-order valence-corrected chi connectivity index (χ3v) is 9.36. The van der Waals surface area contributed by atoms with Crippen molar-refractivity contribution in [2.75, 3.05) is 6.61 Å². The highest BCUT2D eigenvalue weighted by atomic mass is 16.5. The molecule has 170 valence electrons. The van der Waals surface area contributed by atoms with Crippen molar-refractivity contribution in [2.24, 2.45) is 34.5 Å². The van der Waals surface area contributed by atoms with E-state index in [9.17, 15) is 9.59 Å². The van der Waals surface area contributed by atoms with Gasteiger partial charge in [-0.15, -0.1) is 0 Å². The molecule has 2 amide bonds.